The number of nitriles is 1. The van der Waals surface area contributed by atoms with Crippen LogP contribution in [0.2, 0.25) is 5.02 Å². The normalized spacial score (nSPS) is 23.3. The molecular weight excluding hydrogens is 388 g/mol. The molecule has 0 aromatic heterocycles. The van der Waals surface area contributed by atoms with Crippen LogP contribution < -0.4 is 5.32 Å². The van der Waals surface area contributed by atoms with Crippen LogP contribution in [0.25, 0.3) is 0 Å². The molecule has 2 atom stereocenters. The van der Waals surface area contributed by atoms with Crippen LogP contribution in [0, 0.1) is 23.7 Å². The van der Waals surface area contributed by atoms with Crippen molar-refractivity contribution in [3.8, 4) is 18.4 Å². The molecule has 1 aromatic carbocycles. The van der Waals surface area contributed by atoms with Gasteiger partial charge >= 0.3 is 0 Å². The van der Waals surface area contributed by atoms with Crippen molar-refractivity contribution in [3.63, 3.8) is 0 Å². The second-order valence-electron chi connectivity index (χ2n) is 7.92. The molecule has 2 aliphatic heterocycles. The Morgan fingerprint density at radius 3 is 2.45 bits per heavy atom. The fourth-order valence-electron chi connectivity index (χ4n) is 3.98. The largest absolute Gasteiger partial charge is 0.339 e. The second kappa shape index (κ2) is 8.86. The Balaban J connectivity index is 1.53. The molecule has 2 heterocycles. The zero-order chi connectivity index (χ0) is 21.0. The Morgan fingerprint density at radius 1 is 1.24 bits per heavy atom. The number of carbonyl (C=O) groups excluding carboxylic acids is 2. The van der Waals surface area contributed by atoms with Crippen molar-refractivity contribution in [2.24, 2.45) is 0 Å². The highest BCUT2D eigenvalue weighted by atomic mass is 35.5. The average Bonchev–Trinajstić information content (AvgIpc) is 3.16. The number of amides is 2. The number of benzene rings is 1. The van der Waals surface area contributed by atoms with E-state index in [-0.39, 0.29) is 29.9 Å². The van der Waals surface area contributed by atoms with E-state index in [1.54, 1.807) is 24.3 Å². The summed E-state index contributed by atoms with van der Waals surface area (Å²) in [5.74, 6) is 2.47. The number of piperidine rings is 1. The van der Waals surface area contributed by atoms with Crippen LogP contribution in [0.15, 0.2) is 24.3 Å². The molecule has 0 bridgehead atoms. The third-order valence-corrected chi connectivity index (χ3v) is 6.18. The van der Waals surface area contributed by atoms with E-state index in [0.717, 1.165) is 12.8 Å². The Morgan fingerprint density at radius 2 is 1.86 bits per heavy atom. The summed E-state index contributed by atoms with van der Waals surface area (Å²) in [6.07, 6.45) is 8.28. The topological polar surface area (TPSA) is 76.4 Å². The van der Waals surface area contributed by atoms with Crippen molar-refractivity contribution in [2.75, 3.05) is 19.6 Å². The van der Waals surface area contributed by atoms with Gasteiger partial charge < -0.3 is 15.1 Å². The van der Waals surface area contributed by atoms with Gasteiger partial charge in [-0.05, 0) is 56.9 Å². The fourth-order valence-corrected chi connectivity index (χ4v) is 4.11. The highest BCUT2D eigenvalue weighted by molar-refractivity contribution is 6.30. The number of nitrogens with zero attached hydrogens (tertiary/aromatic N) is 3. The van der Waals surface area contributed by atoms with Gasteiger partial charge in [-0.25, -0.2) is 0 Å². The molecule has 7 heteroatoms. The highest BCUT2D eigenvalue weighted by Gasteiger charge is 2.37. The first-order valence-electron chi connectivity index (χ1n) is 9.84. The molecule has 1 N–H and O–H groups in total. The van der Waals surface area contributed by atoms with Gasteiger partial charge in [0.1, 0.15) is 6.04 Å². The van der Waals surface area contributed by atoms with Crippen molar-refractivity contribution in [1.82, 2.24) is 15.1 Å². The molecule has 3 rings (SSSR count). The third-order valence-electron chi connectivity index (χ3n) is 5.93. The Bertz CT molecular complexity index is 825. The van der Waals surface area contributed by atoms with Gasteiger partial charge in [0.2, 0.25) is 5.91 Å². The third kappa shape index (κ3) is 4.72. The number of hydrogen-bond donors (Lipinski definition) is 1. The quantitative estimate of drug-likeness (QED) is 0.770. The van der Waals surface area contributed by atoms with Crippen molar-refractivity contribution in [3.05, 3.63) is 34.9 Å². The van der Waals surface area contributed by atoms with Gasteiger partial charge in [-0.3, -0.25) is 9.59 Å². The Hall–Kier alpha value is -2.54. The fraction of sp³-hybridized carbons (Fsp3) is 0.500. The lowest BCUT2D eigenvalue weighted by Crippen LogP contribution is -2.55. The van der Waals surface area contributed by atoms with Crippen molar-refractivity contribution in [1.29, 1.82) is 5.26 Å². The van der Waals surface area contributed by atoms with Gasteiger partial charge in [0.05, 0.1) is 18.7 Å². The summed E-state index contributed by atoms with van der Waals surface area (Å²) < 4.78 is 0. The molecule has 2 amide bonds. The van der Waals surface area contributed by atoms with E-state index in [1.165, 1.54) is 4.90 Å². The molecule has 0 aliphatic carbocycles. The summed E-state index contributed by atoms with van der Waals surface area (Å²) in [6, 6.07) is 8.32. The van der Waals surface area contributed by atoms with Crippen LogP contribution in [0.5, 0.6) is 0 Å². The van der Waals surface area contributed by atoms with Crippen LogP contribution in [-0.2, 0) is 4.79 Å². The first-order valence-corrected chi connectivity index (χ1v) is 10.2. The van der Waals surface area contributed by atoms with Crippen LogP contribution in [0.3, 0.4) is 0 Å². The molecule has 152 valence electrons. The summed E-state index contributed by atoms with van der Waals surface area (Å²) in [6.45, 7) is 3.42. The second-order valence-corrected chi connectivity index (χ2v) is 8.36. The molecule has 2 saturated heterocycles. The molecule has 29 heavy (non-hydrogen) atoms. The van der Waals surface area contributed by atoms with Crippen LogP contribution >= 0.6 is 11.6 Å². The first-order chi connectivity index (χ1) is 13.9. The monoisotopic (exact) mass is 412 g/mol. The van der Waals surface area contributed by atoms with E-state index in [0.29, 0.717) is 36.5 Å². The predicted molar refractivity (Wildman–Crippen MR) is 111 cm³/mol. The number of terminal acetylenes is 1. The minimum Gasteiger partial charge on any atom is -0.339 e. The Labute approximate surface area is 176 Å². The van der Waals surface area contributed by atoms with Gasteiger partial charge in [-0.1, -0.05) is 17.5 Å². The van der Waals surface area contributed by atoms with Gasteiger partial charge in [0.15, 0.2) is 0 Å². The minimum atomic E-state index is -0.447. The van der Waals surface area contributed by atoms with Crippen LogP contribution in [0.1, 0.15) is 43.0 Å². The van der Waals surface area contributed by atoms with E-state index in [2.05, 4.69) is 24.2 Å². The highest BCUT2D eigenvalue weighted by Crippen LogP contribution is 2.25. The number of halogens is 1. The van der Waals surface area contributed by atoms with Gasteiger partial charge in [-0.15, -0.1) is 6.42 Å². The molecule has 1 aromatic rings. The van der Waals surface area contributed by atoms with Gasteiger partial charge in [0, 0.05) is 29.2 Å². The summed E-state index contributed by atoms with van der Waals surface area (Å²) in [5, 5.41) is 13.2. The molecule has 6 nitrogen and oxygen atoms in total. The van der Waals surface area contributed by atoms with E-state index in [4.69, 9.17) is 18.0 Å². The van der Waals surface area contributed by atoms with Crippen molar-refractivity contribution < 1.29 is 9.59 Å². The van der Waals surface area contributed by atoms with E-state index in [1.807, 2.05) is 4.90 Å². The predicted octanol–water partition coefficient (Wildman–Crippen LogP) is 2.44. The first kappa shape index (κ1) is 21.2. The van der Waals surface area contributed by atoms with Crippen LogP contribution in [0.4, 0.5) is 0 Å². The lowest BCUT2D eigenvalue weighted by molar-refractivity contribution is -0.131. The average molecular weight is 413 g/mol. The molecule has 2 fully saturated rings. The SMILES string of the molecule is C#C[C@H]1CC[C@H](C#N)N1C(=O)CNC1(C)CCN(C(=O)c2ccc(Cl)cc2)CC1. The molecule has 0 spiro atoms. The lowest BCUT2D eigenvalue weighted by atomic mass is 9.89. The lowest BCUT2D eigenvalue weighted by Gasteiger charge is -2.40. The number of nitrogens with one attached hydrogen (secondary N) is 1. The number of hydrogen-bond acceptors (Lipinski definition) is 4. The van der Waals surface area contributed by atoms with E-state index < -0.39 is 6.04 Å². The summed E-state index contributed by atoms with van der Waals surface area (Å²) >= 11 is 5.89. The van der Waals surface area contributed by atoms with E-state index in [9.17, 15) is 14.9 Å². The molecular formula is C22H25ClN4O2. The smallest absolute Gasteiger partial charge is 0.253 e. The maximum absolute atomic E-state index is 12.7. The van der Waals surface area contributed by atoms with Gasteiger partial charge in [-0.2, -0.15) is 5.26 Å². The molecule has 0 radical (unpaired) electrons. The standard InChI is InChI=1S/C22H25ClN4O2/c1-3-18-8-9-19(14-24)27(18)20(28)15-25-22(2)10-12-26(13-11-22)21(29)16-4-6-17(23)7-5-16/h1,4-7,18-19,25H,8-13,15H2,2H3/t18-,19+/m0/s1. The Kier molecular flexibility index (Phi) is 6.47. The van der Waals surface area contributed by atoms with Crippen molar-refractivity contribution >= 4 is 23.4 Å². The van der Waals surface area contributed by atoms with Crippen molar-refractivity contribution in [2.45, 2.75) is 50.2 Å². The number of likely N-dealkylation sites (tertiary alicyclic amines) is 2. The van der Waals surface area contributed by atoms with Gasteiger partial charge in [0.25, 0.3) is 5.91 Å². The van der Waals surface area contributed by atoms with Crippen LogP contribution in [-0.4, -0.2) is 58.9 Å². The summed E-state index contributed by atoms with van der Waals surface area (Å²) in [5.41, 5.74) is 0.373. The van der Waals surface area contributed by atoms with E-state index >= 15 is 0 Å². The molecule has 0 unspecified atom stereocenters. The zero-order valence-electron chi connectivity index (χ0n) is 16.5. The maximum atomic E-state index is 12.7. The number of rotatable bonds is 4. The summed E-state index contributed by atoms with van der Waals surface area (Å²) in [4.78, 5) is 28.7. The number of carbonyl (C=O) groups is 2. The minimum absolute atomic E-state index is 0.00872. The molecule has 0 saturated carbocycles. The summed E-state index contributed by atoms with van der Waals surface area (Å²) in [7, 11) is 0. The maximum Gasteiger partial charge on any atom is 0.253 e. The zero-order valence-corrected chi connectivity index (χ0v) is 17.3. The molecule has 2 aliphatic rings.